The summed E-state index contributed by atoms with van der Waals surface area (Å²) in [6.45, 7) is 2.00. The van der Waals surface area contributed by atoms with Gasteiger partial charge in [-0.05, 0) is 54.9 Å². The Kier molecular flexibility index (Phi) is 6.80. The van der Waals surface area contributed by atoms with E-state index in [-0.39, 0.29) is 5.91 Å². The number of pyridine rings is 1. The number of amides is 1. The highest BCUT2D eigenvalue weighted by Gasteiger charge is 2.23. The molecule has 7 heteroatoms. The van der Waals surface area contributed by atoms with Crippen LogP contribution in [0.3, 0.4) is 0 Å². The minimum atomic E-state index is -3.13. The Labute approximate surface area is 167 Å². The van der Waals surface area contributed by atoms with Crippen LogP contribution >= 0.6 is 0 Å². The molecule has 1 aromatic carbocycles. The molecule has 2 aromatic rings. The molecule has 2 heterocycles. The van der Waals surface area contributed by atoms with Crippen molar-refractivity contribution in [3.05, 3.63) is 65.5 Å². The van der Waals surface area contributed by atoms with Crippen LogP contribution in [0, 0.1) is 5.92 Å². The van der Waals surface area contributed by atoms with E-state index in [0.717, 1.165) is 37.9 Å². The molecule has 1 amide bonds. The van der Waals surface area contributed by atoms with Gasteiger partial charge >= 0.3 is 0 Å². The predicted molar refractivity (Wildman–Crippen MR) is 110 cm³/mol. The van der Waals surface area contributed by atoms with E-state index in [2.05, 4.69) is 34.0 Å². The van der Waals surface area contributed by atoms with Gasteiger partial charge in [-0.15, -0.1) is 0 Å². The van der Waals surface area contributed by atoms with Crippen LogP contribution in [-0.2, 0) is 22.9 Å². The van der Waals surface area contributed by atoms with Crippen molar-refractivity contribution in [1.82, 2.24) is 14.6 Å². The summed E-state index contributed by atoms with van der Waals surface area (Å²) in [4.78, 5) is 18.4. The Morgan fingerprint density at radius 3 is 2.29 bits per heavy atom. The van der Waals surface area contributed by atoms with Gasteiger partial charge in [-0.3, -0.25) is 9.78 Å². The molecule has 1 aliphatic rings. The Balaban J connectivity index is 1.45. The van der Waals surface area contributed by atoms with Gasteiger partial charge in [-0.2, -0.15) is 0 Å². The van der Waals surface area contributed by atoms with Gasteiger partial charge in [-0.25, -0.2) is 13.1 Å². The number of sulfonamides is 1. The molecule has 1 saturated heterocycles. The SMILES string of the molecule is CS(=O)(=O)NCCc1ccc(CC2CCN(C(=O)c3ccncc3)CC2)cc1. The molecule has 0 bridgehead atoms. The number of rotatable bonds is 7. The molecule has 1 aromatic heterocycles. The van der Waals surface area contributed by atoms with Crippen molar-refractivity contribution in [3.8, 4) is 0 Å². The summed E-state index contributed by atoms with van der Waals surface area (Å²) in [5.74, 6) is 0.673. The third kappa shape index (κ3) is 6.14. The average Bonchev–Trinajstić information content (AvgIpc) is 2.69. The highest BCUT2D eigenvalue weighted by atomic mass is 32.2. The second-order valence-corrected chi connectivity index (χ2v) is 9.24. The normalized spacial score (nSPS) is 15.5. The highest BCUT2D eigenvalue weighted by molar-refractivity contribution is 7.88. The molecule has 1 fully saturated rings. The summed E-state index contributed by atoms with van der Waals surface area (Å²) < 4.78 is 24.7. The second kappa shape index (κ2) is 9.30. The van der Waals surface area contributed by atoms with Crippen molar-refractivity contribution in [1.29, 1.82) is 0 Å². The first-order valence-electron chi connectivity index (χ1n) is 9.62. The number of hydrogen-bond acceptors (Lipinski definition) is 4. The van der Waals surface area contributed by atoms with Crippen molar-refractivity contribution in [2.75, 3.05) is 25.9 Å². The van der Waals surface area contributed by atoms with Gasteiger partial charge in [0.15, 0.2) is 0 Å². The Morgan fingerprint density at radius 1 is 1.07 bits per heavy atom. The molecular formula is C21H27N3O3S. The third-order valence-electron chi connectivity index (χ3n) is 5.15. The summed E-state index contributed by atoms with van der Waals surface area (Å²) in [7, 11) is -3.13. The molecule has 150 valence electrons. The lowest BCUT2D eigenvalue weighted by Gasteiger charge is -2.32. The molecule has 28 heavy (non-hydrogen) atoms. The minimum Gasteiger partial charge on any atom is -0.339 e. The van der Waals surface area contributed by atoms with E-state index in [1.807, 2.05) is 4.90 Å². The number of piperidine rings is 1. The molecule has 0 radical (unpaired) electrons. The van der Waals surface area contributed by atoms with Crippen molar-refractivity contribution >= 4 is 15.9 Å². The number of nitrogens with zero attached hydrogens (tertiary/aromatic N) is 2. The molecule has 6 nitrogen and oxygen atoms in total. The minimum absolute atomic E-state index is 0.0907. The number of hydrogen-bond donors (Lipinski definition) is 1. The number of nitrogens with one attached hydrogen (secondary N) is 1. The summed E-state index contributed by atoms with van der Waals surface area (Å²) in [6.07, 6.45) is 8.20. The standard InChI is InChI=1S/C21H27N3O3S/c1-28(26,27)23-13-6-17-2-4-18(5-3-17)16-19-9-14-24(15-10-19)21(25)20-7-11-22-12-8-20/h2-5,7-8,11-12,19,23H,6,9-10,13-16H2,1H3. The molecular weight excluding hydrogens is 374 g/mol. The van der Waals surface area contributed by atoms with E-state index in [0.29, 0.717) is 24.4 Å². The van der Waals surface area contributed by atoms with E-state index >= 15 is 0 Å². The maximum atomic E-state index is 12.5. The maximum Gasteiger partial charge on any atom is 0.253 e. The Hall–Kier alpha value is -2.25. The van der Waals surface area contributed by atoms with Crippen LogP contribution in [0.25, 0.3) is 0 Å². The van der Waals surface area contributed by atoms with Crippen LogP contribution in [0.5, 0.6) is 0 Å². The van der Waals surface area contributed by atoms with Gasteiger partial charge in [0.1, 0.15) is 0 Å². The first kappa shape index (κ1) is 20.5. The molecule has 0 aliphatic carbocycles. The maximum absolute atomic E-state index is 12.5. The first-order chi connectivity index (χ1) is 13.4. The third-order valence-corrected chi connectivity index (χ3v) is 5.88. The Morgan fingerprint density at radius 2 is 1.68 bits per heavy atom. The highest BCUT2D eigenvalue weighted by Crippen LogP contribution is 2.23. The van der Waals surface area contributed by atoms with Crippen molar-refractivity contribution < 1.29 is 13.2 Å². The van der Waals surface area contributed by atoms with Crippen molar-refractivity contribution in [2.24, 2.45) is 5.92 Å². The molecule has 0 spiro atoms. The lowest BCUT2D eigenvalue weighted by molar-refractivity contribution is 0.0690. The van der Waals surface area contributed by atoms with Crippen LogP contribution in [0.1, 0.15) is 34.3 Å². The Bertz CT molecular complexity index is 875. The molecule has 0 saturated carbocycles. The summed E-state index contributed by atoms with van der Waals surface area (Å²) >= 11 is 0. The zero-order valence-corrected chi connectivity index (χ0v) is 17.0. The lowest BCUT2D eigenvalue weighted by Crippen LogP contribution is -2.38. The number of likely N-dealkylation sites (tertiary alicyclic amines) is 1. The zero-order valence-electron chi connectivity index (χ0n) is 16.2. The lowest BCUT2D eigenvalue weighted by atomic mass is 9.89. The number of carbonyl (C=O) groups excluding carboxylic acids is 1. The fraction of sp³-hybridized carbons (Fsp3) is 0.429. The number of benzene rings is 1. The number of aromatic nitrogens is 1. The predicted octanol–water partition coefficient (Wildman–Crippen LogP) is 2.27. The van der Waals surface area contributed by atoms with Crippen LogP contribution in [-0.4, -0.2) is 50.1 Å². The van der Waals surface area contributed by atoms with E-state index in [1.165, 1.54) is 11.8 Å². The van der Waals surface area contributed by atoms with Gasteiger partial charge in [0.05, 0.1) is 6.26 Å². The summed E-state index contributed by atoms with van der Waals surface area (Å²) in [5, 5.41) is 0. The fourth-order valence-electron chi connectivity index (χ4n) is 3.57. The van der Waals surface area contributed by atoms with Gasteiger partial charge in [0.25, 0.3) is 5.91 Å². The summed E-state index contributed by atoms with van der Waals surface area (Å²) in [5.41, 5.74) is 3.12. The van der Waals surface area contributed by atoms with Crippen molar-refractivity contribution in [3.63, 3.8) is 0 Å². The van der Waals surface area contributed by atoms with E-state index in [1.54, 1.807) is 24.5 Å². The molecule has 0 unspecified atom stereocenters. The summed E-state index contributed by atoms with van der Waals surface area (Å²) in [6, 6.07) is 11.9. The van der Waals surface area contributed by atoms with Crippen LogP contribution in [0.15, 0.2) is 48.8 Å². The first-order valence-corrected chi connectivity index (χ1v) is 11.5. The van der Waals surface area contributed by atoms with Gasteiger partial charge in [0.2, 0.25) is 10.0 Å². The van der Waals surface area contributed by atoms with Crippen LogP contribution in [0.2, 0.25) is 0 Å². The molecule has 1 N–H and O–H groups in total. The molecule has 3 rings (SSSR count). The van der Waals surface area contributed by atoms with Gasteiger partial charge in [0, 0.05) is 37.6 Å². The van der Waals surface area contributed by atoms with Gasteiger partial charge < -0.3 is 4.90 Å². The van der Waals surface area contributed by atoms with Crippen molar-refractivity contribution in [2.45, 2.75) is 25.7 Å². The number of carbonyl (C=O) groups is 1. The van der Waals surface area contributed by atoms with Crippen LogP contribution < -0.4 is 4.72 Å². The van der Waals surface area contributed by atoms with Crippen LogP contribution in [0.4, 0.5) is 0 Å². The average molecular weight is 402 g/mol. The smallest absolute Gasteiger partial charge is 0.253 e. The van der Waals surface area contributed by atoms with E-state index in [9.17, 15) is 13.2 Å². The largest absolute Gasteiger partial charge is 0.339 e. The fourth-order valence-corrected chi connectivity index (χ4v) is 4.05. The molecule has 1 aliphatic heterocycles. The van der Waals surface area contributed by atoms with E-state index < -0.39 is 10.0 Å². The quantitative estimate of drug-likeness (QED) is 0.772. The van der Waals surface area contributed by atoms with Gasteiger partial charge in [-0.1, -0.05) is 24.3 Å². The van der Waals surface area contributed by atoms with E-state index in [4.69, 9.17) is 0 Å². The zero-order chi connectivity index (χ0) is 20.0. The monoisotopic (exact) mass is 401 g/mol. The second-order valence-electron chi connectivity index (χ2n) is 7.41. The molecule has 0 atom stereocenters. The topological polar surface area (TPSA) is 79.4 Å².